The number of rotatable bonds is 6. The summed E-state index contributed by atoms with van der Waals surface area (Å²) in [4.78, 5) is 30.1. The maximum atomic E-state index is 13.6. The molecule has 288 valence electrons. The number of carbonyl (C=O) groups excluding carboxylic acids is 1. The van der Waals surface area contributed by atoms with Gasteiger partial charge in [0.1, 0.15) is 5.54 Å². The highest BCUT2D eigenvalue weighted by molar-refractivity contribution is 6.31. The number of hydrogen-bond acceptors (Lipinski definition) is 3. The Balaban J connectivity index is 0.000000174. The molecule has 8 rings (SSSR count). The molecule has 57 heavy (non-hydrogen) atoms. The maximum absolute atomic E-state index is 13.6. The number of nitrogens with zero attached hydrogens (tertiary/aromatic N) is 4. The Kier molecular flexibility index (Phi) is 11.4. The Labute approximate surface area is 351 Å². The van der Waals surface area contributed by atoms with Crippen molar-refractivity contribution in [3.8, 4) is 22.6 Å². The Morgan fingerprint density at radius 1 is 0.544 bits per heavy atom. The minimum Gasteiger partial charge on any atom is -0.370 e. The number of aryl methyl sites for hydroxylation is 2. The van der Waals surface area contributed by atoms with Crippen LogP contribution in [0.15, 0.2) is 150 Å². The van der Waals surface area contributed by atoms with Crippen LogP contribution in [0, 0.1) is 20.8 Å². The molecule has 0 saturated carbocycles. The van der Waals surface area contributed by atoms with Gasteiger partial charge in [-0.1, -0.05) is 100.0 Å². The molecule has 2 unspecified atom stereocenters. The number of aromatic nitrogens is 2. The Morgan fingerprint density at radius 2 is 0.982 bits per heavy atom. The lowest BCUT2D eigenvalue weighted by molar-refractivity contribution is 0.119. The largest absolute Gasteiger partial charge is 0.370 e. The van der Waals surface area contributed by atoms with Gasteiger partial charge in [-0.05, 0) is 136 Å². The van der Waals surface area contributed by atoms with E-state index in [9.17, 15) is 14.7 Å². The minimum atomic E-state index is -1.12. The van der Waals surface area contributed by atoms with Crippen LogP contribution in [-0.4, -0.2) is 26.5 Å². The number of aliphatic hydroxyl groups is 1. The monoisotopic (exact) mass is 834 g/mol. The summed E-state index contributed by atoms with van der Waals surface area (Å²) in [5.74, 6) is 0. The zero-order chi connectivity index (χ0) is 40.6. The van der Waals surface area contributed by atoms with E-state index in [1.54, 1.807) is 86.8 Å². The van der Waals surface area contributed by atoms with Crippen molar-refractivity contribution in [3.63, 3.8) is 0 Å². The molecule has 0 radical (unpaired) electrons. The van der Waals surface area contributed by atoms with Crippen LogP contribution < -0.4 is 15.5 Å². The first-order valence-electron chi connectivity index (χ1n) is 18.1. The van der Waals surface area contributed by atoms with E-state index >= 15 is 0 Å². The SMILES string of the molecule is Cc1cccc(-c2c(C)n(-c3ccc(Cl)cc3)c(=O)n2-c2ccc(Cl)cc2)c1.Cc1cccc(C2(C)C(O)N(c3ccc(Cl)cc3)C(=O)N2c2ccc(Cl)cc2)c1. The summed E-state index contributed by atoms with van der Waals surface area (Å²) in [6, 6.07) is 44.1. The summed E-state index contributed by atoms with van der Waals surface area (Å²) >= 11 is 24.2. The van der Waals surface area contributed by atoms with E-state index in [0.29, 0.717) is 31.5 Å². The first kappa shape index (κ1) is 39.9. The van der Waals surface area contributed by atoms with Crippen LogP contribution in [0.4, 0.5) is 16.2 Å². The van der Waals surface area contributed by atoms with Crippen molar-refractivity contribution < 1.29 is 9.90 Å². The van der Waals surface area contributed by atoms with Crippen molar-refractivity contribution in [2.75, 3.05) is 9.80 Å². The fourth-order valence-electron chi connectivity index (χ4n) is 7.30. The molecular formula is C46H38Cl4N4O3. The molecule has 1 aliphatic heterocycles. The molecule has 7 nitrogen and oxygen atoms in total. The summed E-state index contributed by atoms with van der Waals surface area (Å²) in [6.45, 7) is 7.86. The molecule has 0 bridgehead atoms. The van der Waals surface area contributed by atoms with E-state index < -0.39 is 11.8 Å². The maximum Gasteiger partial charge on any atom is 0.338 e. The third kappa shape index (κ3) is 7.74. The molecule has 0 aliphatic carbocycles. The summed E-state index contributed by atoms with van der Waals surface area (Å²) in [5, 5.41) is 13.8. The lowest BCUT2D eigenvalue weighted by Gasteiger charge is -2.36. The predicted molar refractivity (Wildman–Crippen MR) is 234 cm³/mol. The fraction of sp³-hybridized carbons (Fsp3) is 0.130. The second kappa shape index (κ2) is 16.3. The lowest BCUT2D eigenvalue weighted by atomic mass is 9.88. The van der Waals surface area contributed by atoms with Crippen LogP contribution >= 0.6 is 46.4 Å². The van der Waals surface area contributed by atoms with Gasteiger partial charge in [-0.3, -0.25) is 18.9 Å². The van der Waals surface area contributed by atoms with Gasteiger partial charge in [-0.15, -0.1) is 0 Å². The average Bonchev–Trinajstić information content (AvgIpc) is 3.57. The van der Waals surface area contributed by atoms with Crippen LogP contribution in [0.2, 0.25) is 20.1 Å². The van der Waals surface area contributed by atoms with E-state index in [-0.39, 0.29) is 11.7 Å². The summed E-state index contributed by atoms with van der Waals surface area (Å²) in [7, 11) is 0. The number of urea groups is 1. The van der Waals surface area contributed by atoms with Crippen LogP contribution in [-0.2, 0) is 5.54 Å². The van der Waals surface area contributed by atoms with Crippen molar-refractivity contribution in [1.82, 2.24) is 9.13 Å². The number of halogens is 4. The van der Waals surface area contributed by atoms with E-state index in [4.69, 9.17) is 46.4 Å². The van der Waals surface area contributed by atoms with Crippen LogP contribution in [0.1, 0.15) is 29.3 Å². The van der Waals surface area contributed by atoms with Gasteiger partial charge in [-0.25, -0.2) is 9.59 Å². The molecule has 2 amide bonds. The predicted octanol–water partition coefficient (Wildman–Crippen LogP) is 12.2. The third-order valence-electron chi connectivity index (χ3n) is 10.1. The zero-order valence-electron chi connectivity index (χ0n) is 31.5. The molecule has 6 aromatic carbocycles. The first-order valence-corrected chi connectivity index (χ1v) is 19.6. The van der Waals surface area contributed by atoms with Crippen LogP contribution in [0.5, 0.6) is 0 Å². The number of hydrogen-bond donors (Lipinski definition) is 1. The van der Waals surface area contributed by atoms with E-state index in [1.165, 1.54) is 4.90 Å². The van der Waals surface area contributed by atoms with E-state index in [2.05, 4.69) is 6.07 Å². The highest BCUT2D eigenvalue weighted by Crippen LogP contribution is 2.45. The number of imidazole rings is 1. The highest BCUT2D eigenvalue weighted by atomic mass is 35.5. The molecule has 1 N–H and O–H groups in total. The lowest BCUT2D eigenvalue weighted by Crippen LogP contribution is -2.47. The van der Waals surface area contributed by atoms with Gasteiger partial charge in [0.25, 0.3) is 0 Å². The quantitative estimate of drug-likeness (QED) is 0.181. The molecule has 7 aromatic rings. The Morgan fingerprint density at radius 3 is 1.47 bits per heavy atom. The smallest absolute Gasteiger partial charge is 0.338 e. The summed E-state index contributed by atoms with van der Waals surface area (Å²) in [5.41, 5.74) is 7.31. The number of amides is 2. The van der Waals surface area contributed by atoms with Gasteiger partial charge in [0, 0.05) is 42.7 Å². The topological polar surface area (TPSA) is 70.7 Å². The molecule has 1 saturated heterocycles. The van der Waals surface area contributed by atoms with Crippen LogP contribution in [0.25, 0.3) is 22.6 Å². The van der Waals surface area contributed by atoms with Crippen molar-refractivity contribution in [3.05, 3.63) is 199 Å². The van der Waals surface area contributed by atoms with Gasteiger partial charge in [0.05, 0.1) is 17.1 Å². The molecule has 11 heteroatoms. The second-order valence-electron chi connectivity index (χ2n) is 14.0. The molecule has 1 aliphatic rings. The molecule has 0 spiro atoms. The van der Waals surface area contributed by atoms with Gasteiger partial charge in [-0.2, -0.15) is 0 Å². The number of anilines is 2. The van der Waals surface area contributed by atoms with Crippen molar-refractivity contribution in [2.24, 2.45) is 0 Å². The number of aliphatic hydroxyl groups excluding tert-OH is 1. The normalized spacial score (nSPS) is 16.4. The van der Waals surface area contributed by atoms with Crippen molar-refractivity contribution >= 4 is 63.8 Å². The van der Waals surface area contributed by atoms with Gasteiger partial charge >= 0.3 is 11.7 Å². The highest BCUT2D eigenvalue weighted by Gasteiger charge is 2.56. The van der Waals surface area contributed by atoms with E-state index in [1.807, 2.05) is 94.4 Å². The first-order chi connectivity index (χ1) is 27.3. The molecule has 1 aromatic heterocycles. The fourth-order valence-corrected chi connectivity index (χ4v) is 7.80. The van der Waals surface area contributed by atoms with Crippen molar-refractivity contribution in [2.45, 2.75) is 39.5 Å². The number of benzene rings is 6. The molecule has 1 fully saturated rings. The van der Waals surface area contributed by atoms with Crippen LogP contribution in [0.3, 0.4) is 0 Å². The minimum absolute atomic E-state index is 0.140. The third-order valence-corrected chi connectivity index (χ3v) is 11.2. The second-order valence-corrected chi connectivity index (χ2v) is 15.8. The summed E-state index contributed by atoms with van der Waals surface area (Å²) in [6.07, 6.45) is -1.12. The van der Waals surface area contributed by atoms with Gasteiger partial charge in [0.2, 0.25) is 0 Å². The molecular weight excluding hydrogens is 798 g/mol. The van der Waals surface area contributed by atoms with Crippen molar-refractivity contribution in [1.29, 1.82) is 0 Å². The standard InChI is InChI=1S/C23H20Cl2N2O2.C23H18Cl2N2O/c1-15-4-3-5-16(14-15)23(2)21(28)26(19-10-6-17(24)7-11-19)22(29)27(23)20-12-8-18(25)9-13-20;1-15-4-3-5-17(14-15)22-16(2)26(20-10-6-18(24)7-11-20)23(28)27(22)21-12-8-19(25)9-13-21/h3-14,21,28H,1-2H3;3-14H,1-2H3. The van der Waals surface area contributed by atoms with Gasteiger partial charge in [0.15, 0.2) is 6.23 Å². The number of carbonyl (C=O) groups is 1. The molecule has 2 heterocycles. The molecule has 2 atom stereocenters. The van der Waals surface area contributed by atoms with E-state index in [0.717, 1.165) is 45.0 Å². The zero-order valence-corrected chi connectivity index (χ0v) is 34.5. The Hall–Kier alpha value is -5.28. The average molecular weight is 837 g/mol. The summed E-state index contributed by atoms with van der Waals surface area (Å²) < 4.78 is 3.44. The Bertz CT molecular complexity index is 2620. The van der Waals surface area contributed by atoms with Gasteiger partial charge < -0.3 is 5.11 Å².